The lowest BCUT2D eigenvalue weighted by atomic mass is 10.2. The molecule has 138 valence electrons. The number of hydrogen-bond acceptors (Lipinski definition) is 6. The highest BCUT2D eigenvalue weighted by atomic mass is 32.1. The molecule has 1 aromatic carbocycles. The second-order valence-corrected chi connectivity index (χ2v) is 7.19. The molecular weight excluding hydrogens is 363 g/mol. The minimum atomic E-state index is -4.55. The first-order valence-corrected chi connectivity index (χ1v) is 8.93. The Morgan fingerprint density at radius 2 is 1.92 bits per heavy atom. The van der Waals surface area contributed by atoms with Crippen molar-refractivity contribution >= 4 is 39.0 Å². The first-order chi connectivity index (χ1) is 12.2. The molecule has 0 aliphatic heterocycles. The van der Waals surface area contributed by atoms with E-state index in [2.05, 4.69) is 25.6 Å². The van der Waals surface area contributed by atoms with Crippen LogP contribution >= 0.6 is 11.3 Å². The van der Waals surface area contributed by atoms with E-state index < -0.39 is 11.9 Å². The Balaban J connectivity index is 1.94. The summed E-state index contributed by atoms with van der Waals surface area (Å²) in [6, 6.07) is 6.32. The lowest BCUT2D eigenvalue weighted by Gasteiger charge is -2.15. The van der Waals surface area contributed by atoms with Gasteiger partial charge in [0.1, 0.15) is 5.82 Å². The zero-order chi connectivity index (χ0) is 18.9. The molecule has 0 spiro atoms. The Labute approximate surface area is 152 Å². The van der Waals surface area contributed by atoms with Crippen LogP contribution in [-0.4, -0.2) is 21.0 Å². The largest absolute Gasteiger partial charge is 0.433 e. The number of benzene rings is 1. The molecule has 0 aliphatic rings. The van der Waals surface area contributed by atoms with Crippen LogP contribution in [-0.2, 0) is 6.18 Å². The van der Waals surface area contributed by atoms with Crippen LogP contribution in [0.5, 0.6) is 0 Å². The number of thiazole rings is 1. The summed E-state index contributed by atoms with van der Waals surface area (Å²) < 4.78 is 40.5. The summed E-state index contributed by atoms with van der Waals surface area (Å²) >= 11 is 1.56. The van der Waals surface area contributed by atoms with Crippen LogP contribution in [0.2, 0.25) is 0 Å². The summed E-state index contributed by atoms with van der Waals surface area (Å²) in [4.78, 5) is 12.1. The highest BCUT2D eigenvalue weighted by molar-refractivity contribution is 7.18. The van der Waals surface area contributed by atoms with Crippen LogP contribution in [0.1, 0.15) is 31.0 Å². The molecule has 0 fully saturated rings. The summed E-state index contributed by atoms with van der Waals surface area (Å²) in [6.07, 6.45) is -3.82. The Kier molecular flexibility index (Phi) is 4.99. The van der Waals surface area contributed by atoms with Gasteiger partial charge in [-0.1, -0.05) is 6.92 Å². The zero-order valence-corrected chi connectivity index (χ0v) is 15.3. The minimum absolute atomic E-state index is 0.0411. The molecule has 0 aliphatic carbocycles. The Bertz CT molecular complexity index is 922. The number of aromatic nitrogens is 3. The molecular formula is C17H18F3N5S. The first-order valence-electron chi connectivity index (χ1n) is 8.11. The highest BCUT2D eigenvalue weighted by Crippen LogP contribution is 2.31. The summed E-state index contributed by atoms with van der Waals surface area (Å²) in [5.74, 6) is 0.0201. The van der Waals surface area contributed by atoms with Crippen molar-refractivity contribution in [3.05, 3.63) is 35.0 Å². The molecule has 2 N–H and O–H groups in total. The smallest absolute Gasteiger partial charge is 0.352 e. The third kappa shape index (κ3) is 4.21. The number of nitrogens with one attached hydrogen (secondary N) is 2. The van der Waals surface area contributed by atoms with E-state index >= 15 is 0 Å². The first kappa shape index (κ1) is 18.4. The van der Waals surface area contributed by atoms with Crippen LogP contribution in [0.25, 0.3) is 10.2 Å². The number of anilines is 3. The van der Waals surface area contributed by atoms with Gasteiger partial charge in [-0.25, -0.2) is 9.97 Å². The van der Waals surface area contributed by atoms with Gasteiger partial charge in [0.2, 0.25) is 5.95 Å². The molecule has 0 unspecified atom stereocenters. The summed E-state index contributed by atoms with van der Waals surface area (Å²) in [7, 11) is 0. The second kappa shape index (κ2) is 7.06. The van der Waals surface area contributed by atoms with Crippen molar-refractivity contribution in [3.63, 3.8) is 0 Å². The average molecular weight is 381 g/mol. The van der Waals surface area contributed by atoms with Crippen molar-refractivity contribution in [3.8, 4) is 0 Å². The van der Waals surface area contributed by atoms with Crippen molar-refractivity contribution in [1.29, 1.82) is 0 Å². The fourth-order valence-corrected chi connectivity index (χ4v) is 3.12. The maximum Gasteiger partial charge on any atom is 0.433 e. The molecule has 5 nitrogen and oxygen atoms in total. The van der Waals surface area contributed by atoms with E-state index in [1.807, 2.05) is 26.8 Å². The molecule has 0 saturated carbocycles. The number of nitrogens with zero attached hydrogens (tertiary/aromatic N) is 3. The summed E-state index contributed by atoms with van der Waals surface area (Å²) in [6.45, 7) is 5.69. The number of fused-ring (bicyclic) bond motifs is 1. The molecule has 2 heterocycles. The van der Waals surface area contributed by atoms with Crippen LogP contribution in [0, 0.1) is 6.92 Å². The SMILES string of the molecule is CC[C@H](C)Nc1nc(Nc2ccc3sc(C)nc3c2)cc(C(F)(F)F)n1. The number of alkyl halides is 3. The molecule has 0 saturated heterocycles. The molecule has 1 atom stereocenters. The Hall–Kier alpha value is -2.42. The van der Waals surface area contributed by atoms with Crippen molar-refractivity contribution in [2.75, 3.05) is 10.6 Å². The van der Waals surface area contributed by atoms with Crippen LogP contribution in [0.15, 0.2) is 24.3 Å². The molecule has 0 radical (unpaired) electrons. The third-order valence-electron chi connectivity index (χ3n) is 3.77. The zero-order valence-electron chi connectivity index (χ0n) is 14.5. The number of halogens is 3. The lowest BCUT2D eigenvalue weighted by Crippen LogP contribution is -2.18. The van der Waals surface area contributed by atoms with E-state index in [-0.39, 0.29) is 17.8 Å². The number of rotatable bonds is 5. The third-order valence-corrected chi connectivity index (χ3v) is 4.72. The molecule has 2 aromatic heterocycles. The van der Waals surface area contributed by atoms with Gasteiger partial charge >= 0.3 is 6.18 Å². The van der Waals surface area contributed by atoms with E-state index in [9.17, 15) is 13.2 Å². The monoisotopic (exact) mass is 381 g/mol. The lowest BCUT2D eigenvalue weighted by molar-refractivity contribution is -0.141. The van der Waals surface area contributed by atoms with E-state index in [1.54, 1.807) is 23.5 Å². The fourth-order valence-electron chi connectivity index (χ4n) is 2.31. The van der Waals surface area contributed by atoms with Crippen molar-refractivity contribution in [1.82, 2.24) is 15.0 Å². The van der Waals surface area contributed by atoms with E-state index in [0.29, 0.717) is 5.69 Å². The van der Waals surface area contributed by atoms with E-state index in [0.717, 1.165) is 27.7 Å². The standard InChI is InChI=1S/C17H18F3N5S/c1-4-9(2)21-16-24-14(17(18,19)20)8-15(25-16)23-11-5-6-13-12(7-11)22-10(3)26-13/h5-9H,4H2,1-3H3,(H2,21,23,24,25)/t9-/m0/s1. The van der Waals surface area contributed by atoms with Crippen LogP contribution in [0.3, 0.4) is 0 Å². The van der Waals surface area contributed by atoms with Crippen LogP contribution in [0.4, 0.5) is 30.6 Å². The molecule has 3 aromatic rings. The molecule has 26 heavy (non-hydrogen) atoms. The van der Waals surface area contributed by atoms with E-state index in [1.165, 1.54) is 0 Å². The van der Waals surface area contributed by atoms with Gasteiger partial charge in [-0.15, -0.1) is 11.3 Å². The average Bonchev–Trinajstić information content (AvgIpc) is 2.93. The molecule has 0 bridgehead atoms. The van der Waals surface area contributed by atoms with Crippen molar-refractivity contribution in [2.24, 2.45) is 0 Å². The number of aryl methyl sites for hydroxylation is 1. The normalized spacial score (nSPS) is 13.0. The fraction of sp³-hybridized carbons (Fsp3) is 0.353. The quantitative estimate of drug-likeness (QED) is 0.622. The predicted octanol–water partition coefficient (Wildman–Crippen LogP) is 5.37. The van der Waals surface area contributed by atoms with Gasteiger partial charge in [0.15, 0.2) is 5.69 Å². The Morgan fingerprint density at radius 3 is 2.62 bits per heavy atom. The van der Waals surface area contributed by atoms with Gasteiger partial charge in [-0.3, -0.25) is 0 Å². The molecule has 3 rings (SSSR count). The van der Waals surface area contributed by atoms with Gasteiger partial charge in [-0.05, 0) is 38.5 Å². The van der Waals surface area contributed by atoms with Gasteiger partial charge < -0.3 is 10.6 Å². The second-order valence-electron chi connectivity index (χ2n) is 5.95. The van der Waals surface area contributed by atoms with Gasteiger partial charge in [0.05, 0.1) is 15.2 Å². The van der Waals surface area contributed by atoms with Crippen LogP contribution < -0.4 is 10.6 Å². The molecule has 9 heteroatoms. The predicted molar refractivity (Wildman–Crippen MR) is 98.0 cm³/mol. The maximum atomic E-state index is 13.2. The molecule has 0 amide bonds. The van der Waals surface area contributed by atoms with E-state index in [4.69, 9.17) is 0 Å². The van der Waals surface area contributed by atoms with Gasteiger partial charge in [0.25, 0.3) is 0 Å². The maximum absolute atomic E-state index is 13.2. The number of hydrogen-bond donors (Lipinski definition) is 2. The van der Waals surface area contributed by atoms with Gasteiger partial charge in [-0.2, -0.15) is 18.2 Å². The summed E-state index contributed by atoms with van der Waals surface area (Å²) in [5, 5.41) is 6.74. The Morgan fingerprint density at radius 1 is 1.15 bits per heavy atom. The summed E-state index contributed by atoms with van der Waals surface area (Å²) in [5.41, 5.74) is 0.413. The minimum Gasteiger partial charge on any atom is -0.352 e. The highest BCUT2D eigenvalue weighted by Gasteiger charge is 2.34. The topological polar surface area (TPSA) is 62.7 Å². The van der Waals surface area contributed by atoms with Gasteiger partial charge in [0, 0.05) is 17.8 Å². The van der Waals surface area contributed by atoms with Crippen molar-refractivity contribution < 1.29 is 13.2 Å². The van der Waals surface area contributed by atoms with Crippen molar-refractivity contribution in [2.45, 2.75) is 39.4 Å².